The SMILES string of the molecule is [2H]c1c([2H])c([2H])c(-c2cccc(-c3nc(-c4ccc5c(c4)sc4ccccc45)nc(-c4ccc5c(c4)sc4ccccc45)n3)c2)c([2H])c1[2H]. The van der Waals surface area contributed by atoms with Crippen LogP contribution in [0.2, 0.25) is 0 Å². The second-order valence-electron chi connectivity index (χ2n) is 10.5. The van der Waals surface area contributed by atoms with Gasteiger partial charge in [0.05, 0.1) is 6.85 Å². The molecule has 0 saturated heterocycles. The first-order valence-electron chi connectivity index (χ1n) is 16.6. The van der Waals surface area contributed by atoms with Crippen LogP contribution >= 0.6 is 22.7 Å². The van der Waals surface area contributed by atoms with E-state index in [0.29, 0.717) is 28.6 Å². The van der Waals surface area contributed by atoms with Crippen LogP contribution in [-0.2, 0) is 0 Å². The van der Waals surface area contributed by atoms with Crippen molar-refractivity contribution in [2.24, 2.45) is 0 Å². The van der Waals surface area contributed by atoms with E-state index in [4.69, 9.17) is 21.8 Å². The molecule has 44 heavy (non-hydrogen) atoms. The third-order valence-corrected chi connectivity index (χ3v) is 10.1. The Balaban J connectivity index is 1.24. The molecule has 0 radical (unpaired) electrons. The predicted molar refractivity (Wildman–Crippen MR) is 187 cm³/mol. The standard InChI is InChI=1S/C39H23N3S2/c1-2-9-24(10-3-1)25-11-8-12-26(21-25)37-40-38(27-17-19-31-29-13-4-6-15-33(29)43-35(31)22-27)42-39(41-37)28-18-20-32-30-14-5-7-16-34(30)44-36(32)23-28/h1-23H/i1D,2D,3D,9D,10D. The summed E-state index contributed by atoms with van der Waals surface area (Å²) in [6.07, 6.45) is 0. The molecule has 0 atom stereocenters. The van der Waals surface area contributed by atoms with Crippen LogP contribution in [0.3, 0.4) is 0 Å². The van der Waals surface area contributed by atoms with Crippen LogP contribution in [0.25, 0.3) is 85.6 Å². The van der Waals surface area contributed by atoms with E-state index in [1.807, 2.05) is 18.2 Å². The van der Waals surface area contributed by atoms with Crippen LogP contribution in [-0.4, -0.2) is 15.0 Å². The zero-order valence-electron chi connectivity index (χ0n) is 28.1. The monoisotopic (exact) mass is 602 g/mol. The van der Waals surface area contributed by atoms with Crippen molar-refractivity contribution in [2.75, 3.05) is 0 Å². The summed E-state index contributed by atoms with van der Waals surface area (Å²) in [5.41, 5.74) is 2.96. The van der Waals surface area contributed by atoms with Gasteiger partial charge in [-0.1, -0.05) is 109 Å². The Hall–Kier alpha value is -5.23. The van der Waals surface area contributed by atoms with Gasteiger partial charge < -0.3 is 0 Å². The van der Waals surface area contributed by atoms with E-state index in [9.17, 15) is 0 Å². The fourth-order valence-corrected chi connectivity index (χ4v) is 7.99. The molecule has 6 aromatic carbocycles. The number of fused-ring (bicyclic) bond motifs is 6. The number of nitrogens with zero attached hydrogens (tertiary/aromatic N) is 3. The summed E-state index contributed by atoms with van der Waals surface area (Å²) < 4.78 is 46.2. The van der Waals surface area contributed by atoms with Crippen molar-refractivity contribution in [3.8, 4) is 45.3 Å². The summed E-state index contributed by atoms with van der Waals surface area (Å²) in [6.45, 7) is 0. The highest BCUT2D eigenvalue weighted by Gasteiger charge is 2.16. The molecule has 3 heterocycles. The quantitative estimate of drug-likeness (QED) is 0.201. The molecule has 0 aliphatic carbocycles. The molecule has 0 spiro atoms. The largest absolute Gasteiger partial charge is 0.208 e. The third kappa shape index (κ3) is 4.29. The van der Waals surface area contributed by atoms with E-state index in [-0.39, 0.29) is 29.7 Å². The summed E-state index contributed by atoms with van der Waals surface area (Å²) in [7, 11) is 0. The van der Waals surface area contributed by atoms with Crippen molar-refractivity contribution in [1.29, 1.82) is 0 Å². The van der Waals surface area contributed by atoms with Gasteiger partial charge in [-0.25, -0.2) is 15.0 Å². The van der Waals surface area contributed by atoms with Gasteiger partial charge in [0, 0.05) is 57.0 Å². The summed E-state index contributed by atoms with van der Waals surface area (Å²) >= 11 is 3.46. The third-order valence-electron chi connectivity index (χ3n) is 7.82. The topological polar surface area (TPSA) is 38.7 Å². The Kier molecular flexibility index (Phi) is 4.78. The van der Waals surface area contributed by atoms with Gasteiger partial charge in [0.2, 0.25) is 0 Å². The lowest BCUT2D eigenvalue weighted by molar-refractivity contribution is 1.08. The van der Waals surface area contributed by atoms with Gasteiger partial charge in [-0.2, -0.15) is 0 Å². The number of benzene rings is 6. The van der Waals surface area contributed by atoms with Crippen molar-refractivity contribution < 1.29 is 6.85 Å². The molecule has 0 bridgehead atoms. The Labute approximate surface area is 268 Å². The van der Waals surface area contributed by atoms with E-state index in [1.165, 1.54) is 30.9 Å². The van der Waals surface area contributed by atoms with Gasteiger partial charge in [0.25, 0.3) is 0 Å². The lowest BCUT2D eigenvalue weighted by Crippen LogP contribution is -2.00. The zero-order valence-corrected chi connectivity index (χ0v) is 24.7. The minimum atomic E-state index is -0.423. The molecule has 0 saturated carbocycles. The molecule has 9 aromatic rings. The Bertz CT molecular complexity index is 2650. The average Bonchev–Trinajstić information content (AvgIpc) is 3.70. The van der Waals surface area contributed by atoms with Crippen molar-refractivity contribution in [3.05, 3.63) is 139 Å². The van der Waals surface area contributed by atoms with Gasteiger partial charge in [-0.05, 0) is 41.5 Å². The zero-order chi connectivity index (χ0) is 33.4. The maximum absolute atomic E-state index is 8.54. The molecule has 0 aliphatic rings. The number of hydrogen-bond acceptors (Lipinski definition) is 5. The maximum atomic E-state index is 8.54. The fraction of sp³-hybridized carbons (Fsp3) is 0. The van der Waals surface area contributed by atoms with Crippen LogP contribution < -0.4 is 0 Å². The van der Waals surface area contributed by atoms with Crippen molar-refractivity contribution in [2.45, 2.75) is 0 Å². The van der Waals surface area contributed by atoms with Crippen LogP contribution in [0.5, 0.6) is 0 Å². The van der Waals surface area contributed by atoms with Crippen LogP contribution in [0.4, 0.5) is 0 Å². The van der Waals surface area contributed by atoms with Gasteiger partial charge in [-0.3, -0.25) is 0 Å². The summed E-state index contributed by atoms with van der Waals surface area (Å²) in [6, 6.07) is 34.8. The molecule has 5 heteroatoms. The van der Waals surface area contributed by atoms with E-state index < -0.39 is 6.04 Å². The summed E-state index contributed by atoms with van der Waals surface area (Å²) in [4.78, 5) is 15.0. The first-order chi connectivity index (χ1) is 23.8. The minimum absolute atomic E-state index is 0.132. The maximum Gasteiger partial charge on any atom is 0.164 e. The van der Waals surface area contributed by atoms with E-state index in [1.54, 1.807) is 40.9 Å². The number of hydrogen-bond donors (Lipinski definition) is 0. The first kappa shape index (κ1) is 20.6. The van der Waals surface area contributed by atoms with Crippen LogP contribution in [0.15, 0.2) is 139 Å². The molecule has 9 rings (SSSR count). The number of thiophene rings is 2. The molecule has 0 unspecified atom stereocenters. The molecular formula is C39H23N3S2. The van der Waals surface area contributed by atoms with Gasteiger partial charge in [0.15, 0.2) is 17.5 Å². The average molecular weight is 603 g/mol. The van der Waals surface area contributed by atoms with Crippen molar-refractivity contribution in [3.63, 3.8) is 0 Å². The van der Waals surface area contributed by atoms with Gasteiger partial charge in [0.1, 0.15) is 0 Å². The summed E-state index contributed by atoms with van der Waals surface area (Å²) in [5.74, 6) is 1.45. The Morgan fingerprint density at radius 2 is 0.864 bits per heavy atom. The molecule has 3 aromatic heterocycles. The Morgan fingerprint density at radius 3 is 1.43 bits per heavy atom. The van der Waals surface area contributed by atoms with Gasteiger partial charge >= 0.3 is 0 Å². The van der Waals surface area contributed by atoms with Crippen LogP contribution in [0, 0.1) is 0 Å². The van der Waals surface area contributed by atoms with Gasteiger partial charge in [-0.15, -0.1) is 22.7 Å². The highest BCUT2D eigenvalue weighted by molar-refractivity contribution is 7.26. The molecule has 0 N–H and O–H groups in total. The first-order valence-corrected chi connectivity index (χ1v) is 15.7. The molecule has 0 aliphatic heterocycles. The van der Waals surface area contributed by atoms with Crippen molar-refractivity contribution >= 4 is 63.0 Å². The predicted octanol–water partition coefficient (Wildman–Crippen LogP) is 11.3. The second-order valence-corrected chi connectivity index (χ2v) is 12.7. The second kappa shape index (κ2) is 10.2. The normalized spacial score (nSPS) is 13.2. The molecule has 0 fully saturated rings. The van der Waals surface area contributed by atoms with E-state index >= 15 is 0 Å². The highest BCUT2D eigenvalue weighted by Crippen LogP contribution is 2.38. The number of aromatic nitrogens is 3. The summed E-state index contributed by atoms with van der Waals surface area (Å²) in [5, 5.41) is 4.79. The van der Waals surface area contributed by atoms with E-state index in [0.717, 1.165) is 20.5 Å². The molecule has 3 nitrogen and oxygen atoms in total. The van der Waals surface area contributed by atoms with Crippen LogP contribution in [0.1, 0.15) is 6.85 Å². The fourth-order valence-electron chi connectivity index (χ4n) is 5.70. The van der Waals surface area contributed by atoms with E-state index in [2.05, 4.69) is 72.8 Å². The lowest BCUT2D eigenvalue weighted by Gasteiger charge is -2.10. The minimum Gasteiger partial charge on any atom is -0.208 e. The Morgan fingerprint density at radius 1 is 0.386 bits per heavy atom. The molecular weight excluding hydrogens is 575 g/mol. The van der Waals surface area contributed by atoms with Crippen molar-refractivity contribution in [1.82, 2.24) is 15.0 Å². The molecule has 206 valence electrons. The number of rotatable bonds is 4. The lowest BCUT2D eigenvalue weighted by atomic mass is 10.0. The molecule has 0 amide bonds. The highest BCUT2D eigenvalue weighted by atomic mass is 32.1. The smallest absolute Gasteiger partial charge is 0.164 e.